The fourth-order valence-electron chi connectivity index (χ4n) is 1.90. The molecule has 1 saturated carbocycles. The van der Waals surface area contributed by atoms with Crippen LogP contribution in [0.15, 0.2) is 0 Å². The van der Waals surface area contributed by atoms with Gasteiger partial charge in [0, 0.05) is 6.04 Å². The Labute approximate surface area is 64.0 Å². The predicted molar refractivity (Wildman–Crippen MR) is 44.8 cm³/mol. The third kappa shape index (κ3) is 1.98. The zero-order chi connectivity index (χ0) is 7.40. The summed E-state index contributed by atoms with van der Waals surface area (Å²) in [5, 5.41) is 0. The summed E-state index contributed by atoms with van der Waals surface area (Å²) in [7, 11) is 0. The Morgan fingerprint density at radius 2 is 1.90 bits per heavy atom. The maximum atomic E-state index is 5.95. The highest BCUT2D eigenvalue weighted by Gasteiger charge is 2.18. The van der Waals surface area contributed by atoms with Gasteiger partial charge >= 0.3 is 0 Å². The molecule has 1 atom stereocenters. The Bertz CT molecular complexity index is 84.7. The SMILES string of the molecule is CCC(N)C1CCCCC1. The van der Waals surface area contributed by atoms with Crippen LogP contribution in [-0.2, 0) is 0 Å². The lowest BCUT2D eigenvalue weighted by atomic mass is 9.83. The summed E-state index contributed by atoms with van der Waals surface area (Å²) in [6.07, 6.45) is 8.19. The second kappa shape index (κ2) is 3.97. The summed E-state index contributed by atoms with van der Waals surface area (Å²) < 4.78 is 0. The molecule has 0 aliphatic heterocycles. The van der Waals surface area contributed by atoms with Crippen molar-refractivity contribution in [3.63, 3.8) is 0 Å². The van der Waals surface area contributed by atoms with Gasteiger partial charge in [-0.15, -0.1) is 0 Å². The molecule has 0 spiro atoms. The Kier molecular flexibility index (Phi) is 3.20. The lowest BCUT2D eigenvalue weighted by Gasteiger charge is -2.26. The molecule has 0 saturated heterocycles. The van der Waals surface area contributed by atoms with Gasteiger partial charge in [-0.2, -0.15) is 0 Å². The standard InChI is InChI=1S/C9H19N/c1-2-9(10)8-6-4-3-5-7-8/h8-9H,2-7,10H2,1H3. The molecule has 0 heterocycles. The Morgan fingerprint density at radius 1 is 1.30 bits per heavy atom. The molecule has 1 heteroatoms. The van der Waals surface area contributed by atoms with Gasteiger partial charge in [-0.25, -0.2) is 0 Å². The van der Waals surface area contributed by atoms with E-state index in [1.54, 1.807) is 0 Å². The monoisotopic (exact) mass is 141 g/mol. The van der Waals surface area contributed by atoms with Crippen LogP contribution in [-0.4, -0.2) is 6.04 Å². The van der Waals surface area contributed by atoms with Gasteiger partial charge < -0.3 is 5.73 Å². The van der Waals surface area contributed by atoms with E-state index in [-0.39, 0.29) is 0 Å². The van der Waals surface area contributed by atoms with Gasteiger partial charge in [-0.3, -0.25) is 0 Å². The largest absolute Gasteiger partial charge is 0.327 e. The van der Waals surface area contributed by atoms with E-state index in [0.717, 1.165) is 12.3 Å². The van der Waals surface area contributed by atoms with Crippen molar-refractivity contribution >= 4 is 0 Å². The quantitative estimate of drug-likeness (QED) is 0.627. The fourth-order valence-corrected chi connectivity index (χ4v) is 1.90. The minimum Gasteiger partial charge on any atom is -0.327 e. The molecule has 0 aromatic carbocycles. The van der Waals surface area contributed by atoms with Crippen LogP contribution in [0.2, 0.25) is 0 Å². The van der Waals surface area contributed by atoms with Crippen LogP contribution >= 0.6 is 0 Å². The van der Waals surface area contributed by atoms with E-state index in [1.165, 1.54) is 32.1 Å². The molecule has 0 radical (unpaired) electrons. The molecule has 60 valence electrons. The van der Waals surface area contributed by atoms with Crippen molar-refractivity contribution in [2.24, 2.45) is 11.7 Å². The summed E-state index contributed by atoms with van der Waals surface area (Å²) in [6, 6.07) is 0.486. The first kappa shape index (κ1) is 8.06. The van der Waals surface area contributed by atoms with Crippen molar-refractivity contribution < 1.29 is 0 Å². The van der Waals surface area contributed by atoms with E-state index in [9.17, 15) is 0 Å². The molecule has 1 aliphatic carbocycles. The van der Waals surface area contributed by atoms with Gasteiger partial charge in [0.15, 0.2) is 0 Å². The van der Waals surface area contributed by atoms with E-state index in [0.29, 0.717) is 6.04 Å². The first-order chi connectivity index (χ1) is 4.84. The van der Waals surface area contributed by atoms with E-state index in [1.807, 2.05) is 0 Å². The molecule has 1 rings (SSSR count). The minimum atomic E-state index is 0.486. The first-order valence-corrected chi connectivity index (χ1v) is 4.60. The number of nitrogens with two attached hydrogens (primary N) is 1. The van der Waals surface area contributed by atoms with Crippen LogP contribution in [0.3, 0.4) is 0 Å². The average Bonchev–Trinajstić information content (AvgIpc) is 2.05. The minimum absolute atomic E-state index is 0.486. The first-order valence-electron chi connectivity index (χ1n) is 4.60. The van der Waals surface area contributed by atoms with Gasteiger partial charge in [-0.1, -0.05) is 26.2 Å². The molecule has 0 aromatic rings. The second-order valence-electron chi connectivity index (χ2n) is 3.47. The zero-order valence-electron chi connectivity index (χ0n) is 6.97. The maximum Gasteiger partial charge on any atom is 0.00645 e. The highest BCUT2D eigenvalue weighted by Crippen LogP contribution is 2.26. The molecule has 0 aromatic heterocycles. The molecule has 0 amide bonds. The maximum absolute atomic E-state index is 5.95. The molecule has 1 nitrogen and oxygen atoms in total. The van der Waals surface area contributed by atoms with E-state index in [4.69, 9.17) is 5.73 Å². The van der Waals surface area contributed by atoms with Crippen molar-refractivity contribution in [1.82, 2.24) is 0 Å². The van der Waals surface area contributed by atoms with Crippen LogP contribution in [0.5, 0.6) is 0 Å². The van der Waals surface area contributed by atoms with E-state index in [2.05, 4.69) is 6.92 Å². The number of rotatable bonds is 2. The number of hydrogen-bond donors (Lipinski definition) is 1. The summed E-state index contributed by atoms with van der Waals surface area (Å²) in [4.78, 5) is 0. The highest BCUT2D eigenvalue weighted by molar-refractivity contribution is 4.74. The van der Waals surface area contributed by atoms with Crippen LogP contribution in [0.1, 0.15) is 45.4 Å². The predicted octanol–water partition coefficient (Wildman–Crippen LogP) is 2.30. The normalized spacial score (nSPS) is 24.6. The van der Waals surface area contributed by atoms with Gasteiger partial charge in [-0.05, 0) is 25.2 Å². The van der Waals surface area contributed by atoms with Crippen molar-refractivity contribution in [2.45, 2.75) is 51.5 Å². The van der Waals surface area contributed by atoms with Crippen molar-refractivity contribution in [3.05, 3.63) is 0 Å². The van der Waals surface area contributed by atoms with Crippen molar-refractivity contribution in [1.29, 1.82) is 0 Å². The van der Waals surface area contributed by atoms with Crippen LogP contribution < -0.4 is 5.73 Å². The van der Waals surface area contributed by atoms with E-state index < -0.39 is 0 Å². The molecule has 10 heavy (non-hydrogen) atoms. The summed E-state index contributed by atoms with van der Waals surface area (Å²) >= 11 is 0. The highest BCUT2D eigenvalue weighted by atomic mass is 14.6. The van der Waals surface area contributed by atoms with Crippen LogP contribution in [0.4, 0.5) is 0 Å². The molecule has 2 N–H and O–H groups in total. The lowest BCUT2D eigenvalue weighted by molar-refractivity contribution is 0.300. The number of hydrogen-bond acceptors (Lipinski definition) is 1. The van der Waals surface area contributed by atoms with E-state index >= 15 is 0 Å². The molecule has 1 aliphatic rings. The molecule has 1 unspecified atom stereocenters. The van der Waals surface area contributed by atoms with Gasteiger partial charge in [0.2, 0.25) is 0 Å². The smallest absolute Gasteiger partial charge is 0.00645 e. The van der Waals surface area contributed by atoms with Crippen LogP contribution in [0, 0.1) is 5.92 Å². The summed E-state index contributed by atoms with van der Waals surface area (Å²) in [5.74, 6) is 0.846. The average molecular weight is 141 g/mol. The molecule has 1 fully saturated rings. The lowest BCUT2D eigenvalue weighted by Crippen LogP contribution is -2.30. The summed E-state index contributed by atoms with van der Waals surface area (Å²) in [6.45, 7) is 2.19. The van der Waals surface area contributed by atoms with Crippen molar-refractivity contribution in [3.8, 4) is 0 Å². The summed E-state index contributed by atoms with van der Waals surface area (Å²) in [5.41, 5.74) is 5.95. The van der Waals surface area contributed by atoms with Gasteiger partial charge in [0.1, 0.15) is 0 Å². The van der Waals surface area contributed by atoms with Crippen molar-refractivity contribution in [2.75, 3.05) is 0 Å². The Hall–Kier alpha value is -0.0400. The van der Waals surface area contributed by atoms with Gasteiger partial charge in [0.05, 0.1) is 0 Å². The third-order valence-corrected chi connectivity index (χ3v) is 2.73. The molecule has 0 bridgehead atoms. The second-order valence-corrected chi connectivity index (χ2v) is 3.47. The fraction of sp³-hybridized carbons (Fsp3) is 1.00. The molecular weight excluding hydrogens is 122 g/mol. The topological polar surface area (TPSA) is 26.0 Å². The van der Waals surface area contributed by atoms with Gasteiger partial charge in [0.25, 0.3) is 0 Å². The third-order valence-electron chi connectivity index (χ3n) is 2.73. The molecular formula is C9H19N. The van der Waals surface area contributed by atoms with Crippen LogP contribution in [0.25, 0.3) is 0 Å². The zero-order valence-corrected chi connectivity index (χ0v) is 6.97. The Balaban J connectivity index is 2.24. The Morgan fingerprint density at radius 3 is 2.40 bits per heavy atom.